The van der Waals surface area contributed by atoms with Gasteiger partial charge < -0.3 is 9.47 Å². The van der Waals surface area contributed by atoms with E-state index < -0.39 is 10.0 Å². The fourth-order valence-electron chi connectivity index (χ4n) is 5.17. The van der Waals surface area contributed by atoms with Gasteiger partial charge in [0.1, 0.15) is 12.4 Å². The monoisotopic (exact) mass is 418 g/mol. The highest BCUT2D eigenvalue weighted by Crippen LogP contribution is 2.44. The van der Waals surface area contributed by atoms with E-state index in [1.54, 1.807) is 0 Å². The summed E-state index contributed by atoms with van der Waals surface area (Å²) in [4.78, 5) is 2.32. The molecule has 5 atom stereocenters. The fraction of sp³-hybridized carbons (Fsp3) is 0.714. The molecule has 3 aliphatic heterocycles. The van der Waals surface area contributed by atoms with Gasteiger partial charge >= 0.3 is 0 Å². The summed E-state index contributed by atoms with van der Waals surface area (Å²) in [7, 11) is 3.28. The second-order valence-electron chi connectivity index (χ2n) is 8.67. The van der Waals surface area contributed by atoms with Gasteiger partial charge in [0, 0.05) is 18.6 Å². The van der Waals surface area contributed by atoms with Crippen LogP contribution in [0.25, 0.3) is 0 Å². The topological polar surface area (TPSA) is 67.9 Å². The predicted molar refractivity (Wildman–Crippen MR) is 114 cm³/mol. The minimum atomic E-state index is -3.27. The first-order valence-electron chi connectivity index (χ1n) is 10.7. The van der Waals surface area contributed by atoms with Gasteiger partial charge in [-0.3, -0.25) is 4.90 Å². The van der Waals surface area contributed by atoms with Crippen LogP contribution in [0, 0.1) is 0 Å². The molecule has 5 rings (SSSR count). The van der Waals surface area contributed by atoms with Crippen LogP contribution >= 0.6 is 0 Å². The maximum Gasteiger partial charge on any atom is 0.209 e. The van der Waals surface area contributed by atoms with Gasteiger partial charge in [0.05, 0.1) is 26.8 Å². The van der Waals surface area contributed by atoms with Crippen molar-refractivity contribution in [3.05, 3.63) is 29.8 Å². The van der Waals surface area contributed by atoms with Crippen molar-refractivity contribution in [2.24, 2.45) is 0 Å². The summed E-state index contributed by atoms with van der Waals surface area (Å²) >= 11 is 0. The lowest BCUT2D eigenvalue weighted by atomic mass is 9.65. The van der Waals surface area contributed by atoms with Crippen molar-refractivity contribution in [2.75, 3.05) is 32.6 Å². The molecular weight excluding hydrogens is 387 g/mol. The van der Waals surface area contributed by atoms with Crippen molar-refractivity contribution in [3.63, 3.8) is 0 Å². The maximum atomic E-state index is 11.9. The van der Waals surface area contributed by atoms with E-state index in [-0.39, 0.29) is 29.9 Å². The summed E-state index contributed by atoms with van der Waals surface area (Å²) < 4.78 is 39.1. The van der Waals surface area contributed by atoms with Crippen LogP contribution in [0.5, 0.6) is 5.75 Å². The van der Waals surface area contributed by atoms with E-state index in [9.17, 15) is 8.42 Å². The minimum Gasteiger partial charge on any atom is -0.492 e. The number of nitrogens with one attached hydrogen (secondary N) is 1. The summed E-state index contributed by atoms with van der Waals surface area (Å²) in [6, 6.07) is 8.10. The second kappa shape index (κ2) is 8.96. The Morgan fingerprint density at radius 1 is 1.17 bits per heavy atom. The van der Waals surface area contributed by atoms with E-state index >= 15 is 0 Å². The van der Waals surface area contributed by atoms with E-state index in [0.29, 0.717) is 13.2 Å². The van der Waals surface area contributed by atoms with Crippen molar-refractivity contribution in [3.8, 4) is 5.75 Å². The first kappa shape index (κ1) is 21.2. The van der Waals surface area contributed by atoms with Crippen LogP contribution < -0.4 is 9.46 Å². The van der Waals surface area contributed by atoms with Crippen LogP contribution in [0.4, 0.5) is 0 Å². The van der Waals surface area contributed by atoms with E-state index in [1.807, 2.05) is 12.1 Å². The van der Waals surface area contributed by atoms with Crippen LogP contribution in [-0.4, -0.2) is 71.9 Å². The average molecular weight is 418 g/mol. The largest absolute Gasteiger partial charge is 0.492 e. The number of rotatable bonds is 2. The third-order valence-electron chi connectivity index (χ3n) is 6.57. The van der Waals surface area contributed by atoms with Crippen molar-refractivity contribution in [1.29, 1.82) is 0 Å². The number of para-hydroxylation sites is 1. The molecule has 0 amide bonds. The molecule has 6 nitrogen and oxygen atoms in total. The molecule has 1 unspecified atom stereocenters. The quantitative estimate of drug-likeness (QED) is 0.745. The summed E-state index contributed by atoms with van der Waals surface area (Å²) in [6.07, 6.45) is 5.89. The lowest BCUT2D eigenvalue weighted by Crippen LogP contribution is -2.58. The number of hydrogen-bond acceptors (Lipinski definition) is 5. The summed E-state index contributed by atoms with van der Waals surface area (Å²) in [5.74, 6) is 1.24. The first-order chi connectivity index (χ1) is 13.9. The first-order valence-corrected chi connectivity index (χ1v) is 12.6. The SMILES string of the molecule is [B]C1C[C@H]2CC[C@@H]1c1ccccc1OCCN1CCC[C@H](NS(C)(=O)=O)[C@@H]1CO2. The summed E-state index contributed by atoms with van der Waals surface area (Å²) in [6.45, 7) is 2.74. The summed E-state index contributed by atoms with van der Waals surface area (Å²) in [5, 5.41) is 0. The van der Waals surface area contributed by atoms with E-state index in [2.05, 4.69) is 21.8 Å². The zero-order chi connectivity index (χ0) is 20.4. The van der Waals surface area contributed by atoms with Crippen molar-refractivity contribution in [2.45, 2.75) is 62.0 Å². The van der Waals surface area contributed by atoms with Gasteiger partial charge in [-0.15, -0.1) is 0 Å². The molecule has 3 heterocycles. The van der Waals surface area contributed by atoms with Gasteiger partial charge in [-0.1, -0.05) is 24.0 Å². The summed E-state index contributed by atoms with van der Waals surface area (Å²) in [5.41, 5.74) is 1.20. The molecule has 0 aromatic heterocycles. The molecule has 2 fully saturated rings. The van der Waals surface area contributed by atoms with Crippen LogP contribution in [0.2, 0.25) is 5.82 Å². The van der Waals surface area contributed by atoms with Gasteiger partial charge in [-0.25, -0.2) is 13.1 Å². The minimum absolute atomic E-state index is 0.00650. The van der Waals surface area contributed by atoms with Gasteiger partial charge in [-0.05, 0) is 56.2 Å². The second-order valence-corrected chi connectivity index (χ2v) is 10.4. The molecule has 1 N–H and O–H groups in total. The molecule has 4 aliphatic rings. The average Bonchev–Trinajstić information content (AvgIpc) is 2.68. The van der Waals surface area contributed by atoms with Crippen molar-refractivity contribution in [1.82, 2.24) is 9.62 Å². The van der Waals surface area contributed by atoms with E-state index in [0.717, 1.165) is 50.9 Å². The molecule has 158 valence electrons. The molecule has 1 aromatic rings. The van der Waals surface area contributed by atoms with Crippen molar-refractivity contribution < 1.29 is 17.9 Å². The molecule has 1 saturated carbocycles. The number of nitrogens with zero attached hydrogens (tertiary/aromatic N) is 1. The van der Waals surface area contributed by atoms with Crippen LogP contribution in [0.3, 0.4) is 0 Å². The number of fused-ring (bicyclic) bond motifs is 5. The van der Waals surface area contributed by atoms with Gasteiger partial charge in [0.15, 0.2) is 0 Å². The Morgan fingerprint density at radius 3 is 2.79 bits per heavy atom. The molecule has 1 saturated heterocycles. The molecule has 8 heteroatoms. The Labute approximate surface area is 175 Å². The zero-order valence-corrected chi connectivity index (χ0v) is 17.9. The van der Waals surface area contributed by atoms with Gasteiger partial charge in [0.25, 0.3) is 0 Å². The molecule has 1 aliphatic carbocycles. The Kier molecular flexibility index (Phi) is 6.54. The maximum absolute atomic E-state index is 11.9. The zero-order valence-electron chi connectivity index (χ0n) is 17.1. The van der Waals surface area contributed by atoms with Crippen LogP contribution in [-0.2, 0) is 14.8 Å². The van der Waals surface area contributed by atoms with Crippen LogP contribution in [0.1, 0.15) is 43.6 Å². The number of benzene rings is 1. The highest BCUT2D eigenvalue weighted by atomic mass is 32.2. The Balaban J connectivity index is 1.58. The lowest BCUT2D eigenvalue weighted by Gasteiger charge is -2.42. The number of ether oxygens (including phenoxy) is 2. The Morgan fingerprint density at radius 2 is 2.00 bits per heavy atom. The normalized spacial score (nSPS) is 34.0. The highest BCUT2D eigenvalue weighted by molar-refractivity contribution is 7.88. The Bertz CT molecular complexity index is 806. The molecular formula is C21H31BN2O4S. The lowest BCUT2D eigenvalue weighted by molar-refractivity contribution is -0.0282. The molecule has 2 radical (unpaired) electrons. The fourth-order valence-corrected chi connectivity index (χ4v) is 5.99. The van der Waals surface area contributed by atoms with Gasteiger partial charge in [0.2, 0.25) is 10.0 Å². The Hall–Kier alpha value is -1.09. The van der Waals surface area contributed by atoms with Crippen molar-refractivity contribution >= 4 is 17.9 Å². The molecule has 29 heavy (non-hydrogen) atoms. The van der Waals surface area contributed by atoms with E-state index in [4.69, 9.17) is 17.3 Å². The van der Waals surface area contributed by atoms with Gasteiger partial charge in [-0.2, -0.15) is 0 Å². The number of hydrogen-bond donors (Lipinski definition) is 1. The highest BCUT2D eigenvalue weighted by Gasteiger charge is 2.36. The molecule has 0 spiro atoms. The third kappa shape index (κ3) is 5.16. The third-order valence-corrected chi connectivity index (χ3v) is 7.30. The van der Waals surface area contributed by atoms with E-state index in [1.165, 1.54) is 11.8 Å². The standard InChI is InChI=1S/C21H31BN2O4S/c1-29(25,26)23-19-6-4-10-24-11-12-27-21-7-3-2-5-17(21)16-9-8-15(13-18(16)22)28-14-20(19)24/h2-3,5,7,15-16,18-20,23H,4,6,8-14H2,1H3/t15-,16-,18?,19+,20+/m1/s1. The van der Waals surface area contributed by atoms with Crippen LogP contribution in [0.15, 0.2) is 24.3 Å². The number of sulfonamides is 1. The smallest absolute Gasteiger partial charge is 0.209 e. The molecule has 2 bridgehead atoms. The number of piperidine rings is 1. The molecule has 1 aromatic carbocycles. The predicted octanol–water partition coefficient (Wildman–Crippen LogP) is 2.07.